The maximum atomic E-state index is 11.9. The zero-order valence-corrected chi connectivity index (χ0v) is 10.4. The summed E-state index contributed by atoms with van der Waals surface area (Å²) in [6.45, 7) is 1.69. The summed E-state index contributed by atoms with van der Waals surface area (Å²) in [6.07, 6.45) is 0.844. The van der Waals surface area contributed by atoms with E-state index in [-0.39, 0.29) is 29.7 Å². The third-order valence-corrected chi connectivity index (χ3v) is 3.48. The van der Waals surface area contributed by atoms with Gasteiger partial charge in [-0.15, -0.1) is 0 Å². The van der Waals surface area contributed by atoms with Crippen LogP contribution in [0.3, 0.4) is 0 Å². The molecule has 18 heavy (non-hydrogen) atoms. The van der Waals surface area contributed by atoms with Gasteiger partial charge >= 0.3 is 0 Å². The van der Waals surface area contributed by atoms with E-state index in [1.54, 1.807) is 6.92 Å². The maximum Gasteiger partial charge on any atom is 0.151 e. The molecule has 94 valence electrons. The first-order valence-corrected chi connectivity index (χ1v) is 6.26. The number of hydrogen-bond donors (Lipinski definition) is 0. The van der Waals surface area contributed by atoms with E-state index in [9.17, 15) is 14.4 Å². The molecule has 1 aromatic carbocycles. The Morgan fingerprint density at radius 3 is 2.17 bits per heavy atom. The summed E-state index contributed by atoms with van der Waals surface area (Å²) < 4.78 is 0. The SMILES string of the molecule is CCC(=O)C1C(=O)CC(c2ccccc2)CC1=O. The van der Waals surface area contributed by atoms with Gasteiger partial charge in [0.15, 0.2) is 17.3 Å². The third-order valence-electron chi connectivity index (χ3n) is 3.48. The van der Waals surface area contributed by atoms with Crippen LogP contribution < -0.4 is 0 Å². The van der Waals surface area contributed by atoms with Gasteiger partial charge in [-0.2, -0.15) is 0 Å². The van der Waals surface area contributed by atoms with Crippen molar-refractivity contribution in [3.63, 3.8) is 0 Å². The highest BCUT2D eigenvalue weighted by atomic mass is 16.2. The number of rotatable bonds is 3. The highest BCUT2D eigenvalue weighted by molar-refractivity contribution is 6.20. The van der Waals surface area contributed by atoms with E-state index in [0.29, 0.717) is 12.8 Å². The molecule has 1 fully saturated rings. The Bertz CT molecular complexity index is 458. The topological polar surface area (TPSA) is 51.2 Å². The van der Waals surface area contributed by atoms with Crippen molar-refractivity contribution in [2.45, 2.75) is 32.1 Å². The normalized spacial score (nSPS) is 24.1. The summed E-state index contributed by atoms with van der Waals surface area (Å²) in [6, 6.07) is 9.54. The Kier molecular flexibility index (Phi) is 3.70. The second-order valence-corrected chi connectivity index (χ2v) is 4.70. The Balaban J connectivity index is 2.17. The van der Waals surface area contributed by atoms with Crippen LogP contribution in [0.15, 0.2) is 30.3 Å². The van der Waals surface area contributed by atoms with Crippen LogP contribution in [0.5, 0.6) is 0 Å². The smallest absolute Gasteiger partial charge is 0.151 e. The second kappa shape index (κ2) is 5.25. The Hall–Kier alpha value is -1.77. The zero-order chi connectivity index (χ0) is 13.1. The van der Waals surface area contributed by atoms with Crippen LogP contribution in [0.25, 0.3) is 0 Å². The minimum Gasteiger partial charge on any atom is -0.298 e. The fraction of sp³-hybridized carbons (Fsp3) is 0.400. The van der Waals surface area contributed by atoms with Crippen molar-refractivity contribution in [3.05, 3.63) is 35.9 Å². The largest absolute Gasteiger partial charge is 0.298 e. The molecule has 0 amide bonds. The zero-order valence-electron chi connectivity index (χ0n) is 10.4. The highest BCUT2D eigenvalue weighted by Gasteiger charge is 2.39. The van der Waals surface area contributed by atoms with E-state index >= 15 is 0 Å². The van der Waals surface area contributed by atoms with Crippen molar-refractivity contribution in [1.29, 1.82) is 0 Å². The van der Waals surface area contributed by atoms with E-state index in [1.165, 1.54) is 0 Å². The first-order valence-electron chi connectivity index (χ1n) is 6.26. The Morgan fingerprint density at radius 2 is 1.67 bits per heavy atom. The van der Waals surface area contributed by atoms with E-state index in [4.69, 9.17) is 0 Å². The van der Waals surface area contributed by atoms with Crippen LogP contribution in [0, 0.1) is 5.92 Å². The van der Waals surface area contributed by atoms with Gasteiger partial charge in [0, 0.05) is 19.3 Å². The van der Waals surface area contributed by atoms with Gasteiger partial charge in [-0.25, -0.2) is 0 Å². The molecule has 0 spiro atoms. The van der Waals surface area contributed by atoms with Gasteiger partial charge < -0.3 is 0 Å². The maximum absolute atomic E-state index is 11.9. The van der Waals surface area contributed by atoms with Gasteiger partial charge in [-0.05, 0) is 11.5 Å². The molecule has 1 aliphatic carbocycles. The van der Waals surface area contributed by atoms with Gasteiger partial charge in [-0.3, -0.25) is 14.4 Å². The lowest BCUT2D eigenvalue weighted by Crippen LogP contribution is -2.37. The van der Waals surface area contributed by atoms with Gasteiger partial charge in [-0.1, -0.05) is 37.3 Å². The van der Waals surface area contributed by atoms with E-state index in [2.05, 4.69) is 0 Å². The quantitative estimate of drug-likeness (QED) is 0.766. The van der Waals surface area contributed by atoms with Crippen molar-refractivity contribution in [2.75, 3.05) is 0 Å². The molecule has 3 nitrogen and oxygen atoms in total. The fourth-order valence-corrected chi connectivity index (χ4v) is 2.50. The first kappa shape index (κ1) is 12.7. The van der Waals surface area contributed by atoms with E-state index in [0.717, 1.165) is 5.56 Å². The monoisotopic (exact) mass is 244 g/mol. The molecule has 0 unspecified atom stereocenters. The van der Waals surface area contributed by atoms with Crippen molar-refractivity contribution in [1.82, 2.24) is 0 Å². The average Bonchev–Trinajstić information content (AvgIpc) is 2.38. The molecule has 0 aliphatic heterocycles. The van der Waals surface area contributed by atoms with Crippen molar-refractivity contribution < 1.29 is 14.4 Å². The highest BCUT2D eigenvalue weighted by Crippen LogP contribution is 2.32. The average molecular weight is 244 g/mol. The van der Waals surface area contributed by atoms with Gasteiger partial charge in [0.2, 0.25) is 0 Å². The minimum absolute atomic E-state index is 0.0629. The van der Waals surface area contributed by atoms with Crippen LogP contribution in [-0.4, -0.2) is 17.3 Å². The lowest BCUT2D eigenvalue weighted by atomic mass is 9.75. The van der Waals surface area contributed by atoms with Gasteiger partial charge in [0.05, 0.1) is 0 Å². The van der Waals surface area contributed by atoms with Crippen molar-refractivity contribution in [3.8, 4) is 0 Å². The molecule has 0 N–H and O–H groups in total. The molecule has 1 aromatic rings. The predicted octanol–water partition coefficient (Wildman–Crippen LogP) is 2.30. The molecule has 0 aromatic heterocycles. The number of ketones is 3. The molecule has 0 saturated heterocycles. The fourth-order valence-electron chi connectivity index (χ4n) is 2.50. The molecule has 0 radical (unpaired) electrons. The van der Waals surface area contributed by atoms with Crippen molar-refractivity contribution >= 4 is 17.3 Å². The van der Waals surface area contributed by atoms with Crippen LogP contribution in [0.1, 0.15) is 37.7 Å². The molecule has 0 atom stereocenters. The summed E-state index contributed by atoms with van der Waals surface area (Å²) in [5.74, 6) is -1.72. The second-order valence-electron chi connectivity index (χ2n) is 4.70. The molecule has 1 aliphatic rings. The lowest BCUT2D eigenvalue weighted by molar-refractivity contribution is -0.142. The summed E-state index contributed by atoms with van der Waals surface area (Å²) in [5, 5.41) is 0. The molecule has 2 rings (SSSR count). The molecule has 1 saturated carbocycles. The van der Waals surface area contributed by atoms with Crippen LogP contribution in [-0.2, 0) is 14.4 Å². The van der Waals surface area contributed by atoms with Gasteiger partial charge in [0.25, 0.3) is 0 Å². The Labute approximate surface area is 106 Å². The van der Waals surface area contributed by atoms with Gasteiger partial charge in [0.1, 0.15) is 5.92 Å². The first-order chi connectivity index (χ1) is 8.63. The van der Waals surface area contributed by atoms with Crippen LogP contribution in [0.4, 0.5) is 0 Å². The Morgan fingerprint density at radius 1 is 1.11 bits per heavy atom. The predicted molar refractivity (Wildman–Crippen MR) is 67.2 cm³/mol. The molecule has 0 heterocycles. The summed E-state index contributed by atoms with van der Waals surface area (Å²) in [4.78, 5) is 35.5. The minimum atomic E-state index is -0.991. The molecule has 3 heteroatoms. The van der Waals surface area contributed by atoms with Crippen LogP contribution in [0.2, 0.25) is 0 Å². The summed E-state index contributed by atoms with van der Waals surface area (Å²) in [5.41, 5.74) is 1.00. The number of carbonyl (C=O) groups excluding carboxylic acids is 3. The summed E-state index contributed by atoms with van der Waals surface area (Å²) in [7, 11) is 0. The van der Waals surface area contributed by atoms with Crippen molar-refractivity contribution in [2.24, 2.45) is 5.92 Å². The standard InChI is InChI=1S/C15H16O3/c1-2-12(16)15-13(17)8-11(9-14(15)18)10-6-4-3-5-7-10/h3-7,11,15H,2,8-9H2,1H3. The number of carbonyl (C=O) groups is 3. The number of hydrogen-bond acceptors (Lipinski definition) is 3. The molecule has 0 bridgehead atoms. The van der Waals surface area contributed by atoms with E-state index in [1.807, 2.05) is 30.3 Å². The lowest BCUT2D eigenvalue weighted by Gasteiger charge is -2.25. The summed E-state index contributed by atoms with van der Waals surface area (Å²) >= 11 is 0. The number of benzene rings is 1. The third kappa shape index (κ3) is 2.40. The number of Topliss-reactive ketones (excluding diaryl/α,β-unsaturated/α-hetero) is 3. The molecular formula is C15H16O3. The van der Waals surface area contributed by atoms with Crippen LogP contribution >= 0.6 is 0 Å². The molecular weight excluding hydrogens is 228 g/mol. The van der Waals surface area contributed by atoms with E-state index < -0.39 is 5.92 Å².